The van der Waals surface area contributed by atoms with Crippen molar-refractivity contribution < 1.29 is 22.3 Å². The van der Waals surface area contributed by atoms with Crippen molar-refractivity contribution in [3.63, 3.8) is 0 Å². The fourth-order valence-corrected chi connectivity index (χ4v) is 2.14. The molecular formula is C15H14F4O. The number of halogens is 4. The molecule has 108 valence electrons. The van der Waals surface area contributed by atoms with Crippen LogP contribution >= 0.6 is 0 Å². The van der Waals surface area contributed by atoms with Gasteiger partial charge < -0.3 is 4.74 Å². The van der Waals surface area contributed by atoms with Crippen molar-refractivity contribution >= 4 is 6.08 Å². The molecule has 0 aromatic heterocycles. The van der Waals surface area contributed by atoms with Gasteiger partial charge in [0.25, 0.3) is 0 Å². The lowest BCUT2D eigenvalue weighted by Crippen LogP contribution is -2.15. The first kappa shape index (κ1) is 14.6. The molecule has 1 aliphatic carbocycles. The standard InChI is InChI=1S/C15H14F4O/c1-2-10-11(16)13(18)15(14(19)12(10)17)20-8-9-6-4-3-5-7-9/h2-4,9H,1,5-8H2. The van der Waals surface area contributed by atoms with Crippen molar-refractivity contribution in [3.8, 4) is 5.75 Å². The Bertz CT molecular complexity index is 522. The minimum atomic E-state index is -1.52. The van der Waals surface area contributed by atoms with Gasteiger partial charge in [-0.15, -0.1) is 0 Å². The number of benzene rings is 1. The Kier molecular flexibility index (Phi) is 4.47. The molecule has 1 aromatic carbocycles. The van der Waals surface area contributed by atoms with Crippen LogP contribution in [0.5, 0.6) is 5.75 Å². The van der Waals surface area contributed by atoms with Gasteiger partial charge in [0.15, 0.2) is 17.4 Å². The third-order valence-corrected chi connectivity index (χ3v) is 3.30. The highest BCUT2D eigenvalue weighted by molar-refractivity contribution is 5.51. The van der Waals surface area contributed by atoms with Crippen LogP contribution in [0.15, 0.2) is 18.7 Å². The maximum absolute atomic E-state index is 13.7. The first-order chi connectivity index (χ1) is 9.56. The van der Waals surface area contributed by atoms with Crippen LogP contribution < -0.4 is 4.74 Å². The van der Waals surface area contributed by atoms with Crippen molar-refractivity contribution in [2.24, 2.45) is 5.92 Å². The van der Waals surface area contributed by atoms with Crippen molar-refractivity contribution in [1.29, 1.82) is 0 Å². The molecule has 20 heavy (non-hydrogen) atoms. The average molecular weight is 286 g/mol. The maximum Gasteiger partial charge on any atom is 0.204 e. The number of rotatable bonds is 4. The van der Waals surface area contributed by atoms with Gasteiger partial charge in [0.1, 0.15) is 0 Å². The molecule has 2 rings (SSSR count). The summed E-state index contributed by atoms with van der Waals surface area (Å²) >= 11 is 0. The Morgan fingerprint density at radius 2 is 1.75 bits per heavy atom. The van der Waals surface area contributed by atoms with Gasteiger partial charge in [0.05, 0.1) is 12.2 Å². The molecule has 1 atom stereocenters. The molecule has 0 fully saturated rings. The molecule has 0 amide bonds. The molecule has 1 aromatic rings. The van der Waals surface area contributed by atoms with E-state index < -0.39 is 34.6 Å². The lowest BCUT2D eigenvalue weighted by Gasteiger charge is -2.19. The van der Waals surface area contributed by atoms with E-state index in [1.165, 1.54) is 0 Å². The summed E-state index contributed by atoms with van der Waals surface area (Å²) in [5, 5.41) is 0. The normalized spacial score (nSPS) is 18.1. The van der Waals surface area contributed by atoms with Gasteiger partial charge in [-0.3, -0.25) is 0 Å². The minimum Gasteiger partial charge on any atom is -0.487 e. The summed E-state index contributed by atoms with van der Waals surface area (Å²) in [7, 11) is 0. The smallest absolute Gasteiger partial charge is 0.204 e. The number of hydrogen-bond acceptors (Lipinski definition) is 1. The van der Waals surface area contributed by atoms with Gasteiger partial charge in [-0.2, -0.15) is 8.78 Å². The van der Waals surface area contributed by atoms with E-state index in [2.05, 4.69) is 6.58 Å². The molecule has 0 saturated carbocycles. The van der Waals surface area contributed by atoms with E-state index in [4.69, 9.17) is 4.74 Å². The molecule has 0 spiro atoms. The molecule has 0 heterocycles. The molecule has 1 unspecified atom stereocenters. The van der Waals surface area contributed by atoms with Crippen LogP contribution in [0.3, 0.4) is 0 Å². The van der Waals surface area contributed by atoms with Crippen LogP contribution in [0.1, 0.15) is 24.8 Å². The summed E-state index contributed by atoms with van der Waals surface area (Å²) in [6.07, 6.45) is 7.08. The summed E-state index contributed by atoms with van der Waals surface area (Å²) in [5.74, 6) is -6.94. The maximum atomic E-state index is 13.7. The summed E-state index contributed by atoms with van der Waals surface area (Å²) in [6, 6.07) is 0. The van der Waals surface area contributed by atoms with E-state index in [9.17, 15) is 17.6 Å². The van der Waals surface area contributed by atoms with Crippen LogP contribution in [0.25, 0.3) is 6.08 Å². The molecule has 0 radical (unpaired) electrons. The van der Waals surface area contributed by atoms with Gasteiger partial charge in [0.2, 0.25) is 11.6 Å². The zero-order valence-corrected chi connectivity index (χ0v) is 10.8. The van der Waals surface area contributed by atoms with Gasteiger partial charge >= 0.3 is 0 Å². The van der Waals surface area contributed by atoms with Crippen LogP contribution in [0.4, 0.5) is 17.6 Å². The number of allylic oxidation sites excluding steroid dienone is 2. The topological polar surface area (TPSA) is 9.23 Å². The Hall–Kier alpha value is -1.78. The van der Waals surface area contributed by atoms with Gasteiger partial charge in [0, 0.05) is 0 Å². The summed E-state index contributed by atoms with van der Waals surface area (Å²) in [4.78, 5) is 0. The lowest BCUT2D eigenvalue weighted by molar-refractivity contribution is 0.214. The fraction of sp³-hybridized carbons (Fsp3) is 0.333. The molecule has 5 heteroatoms. The zero-order chi connectivity index (χ0) is 14.7. The van der Waals surface area contributed by atoms with E-state index in [0.29, 0.717) is 0 Å². The van der Waals surface area contributed by atoms with Gasteiger partial charge in [-0.1, -0.05) is 24.8 Å². The van der Waals surface area contributed by atoms with Crippen molar-refractivity contribution in [2.45, 2.75) is 19.3 Å². The second-order valence-electron chi connectivity index (χ2n) is 4.66. The van der Waals surface area contributed by atoms with E-state index in [1.807, 2.05) is 12.2 Å². The Morgan fingerprint density at radius 3 is 2.25 bits per heavy atom. The highest BCUT2D eigenvalue weighted by atomic mass is 19.2. The molecule has 0 aliphatic heterocycles. The monoisotopic (exact) mass is 286 g/mol. The van der Waals surface area contributed by atoms with Crippen LogP contribution in [-0.2, 0) is 0 Å². The zero-order valence-electron chi connectivity index (χ0n) is 10.8. The Morgan fingerprint density at radius 1 is 1.10 bits per heavy atom. The summed E-state index contributed by atoms with van der Waals surface area (Å²) in [6.45, 7) is 3.14. The summed E-state index contributed by atoms with van der Waals surface area (Å²) < 4.78 is 59.4. The number of ether oxygens (including phenoxy) is 1. The molecule has 1 aliphatic rings. The molecular weight excluding hydrogens is 272 g/mol. The van der Waals surface area contributed by atoms with Crippen LogP contribution in [0, 0.1) is 29.2 Å². The Balaban J connectivity index is 2.23. The molecule has 0 bridgehead atoms. The molecule has 1 nitrogen and oxygen atoms in total. The Labute approximate surface area is 114 Å². The predicted octanol–water partition coefficient (Wildman–Crippen LogP) is 4.62. The second kappa shape index (κ2) is 6.11. The van der Waals surface area contributed by atoms with E-state index >= 15 is 0 Å². The first-order valence-corrected chi connectivity index (χ1v) is 6.32. The highest BCUT2D eigenvalue weighted by Crippen LogP contribution is 2.31. The predicted molar refractivity (Wildman–Crippen MR) is 68.3 cm³/mol. The van der Waals surface area contributed by atoms with E-state index in [-0.39, 0.29) is 12.5 Å². The second-order valence-corrected chi connectivity index (χ2v) is 4.66. The third-order valence-electron chi connectivity index (χ3n) is 3.30. The minimum absolute atomic E-state index is 0.0183. The van der Waals surface area contributed by atoms with E-state index in [0.717, 1.165) is 25.3 Å². The highest BCUT2D eigenvalue weighted by Gasteiger charge is 2.26. The van der Waals surface area contributed by atoms with Crippen LogP contribution in [0.2, 0.25) is 0 Å². The quantitative estimate of drug-likeness (QED) is 0.446. The first-order valence-electron chi connectivity index (χ1n) is 6.32. The van der Waals surface area contributed by atoms with Crippen molar-refractivity contribution in [3.05, 3.63) is 47.6 Å². The molecule has 0 saturated heterocycles. The lowest BCUT2D eigenvalue weighted by atomic mass is 9.95. The third kappa shape index (κ3) is 2.71. The van der Waals surface area contributed by atoms with E-state index in [1.54, 1.807) is 0 Å². The SMILES string of the molecule is C=Cc1c(F)c(F)c(OCC2CC=CCC2)c(F)c1F. The average Bonchev–Trinajstić information content (AvgIpc) is 2.47. The molecule has 0 N–H and O–H groups in total. The van der Waals surface area contributed by atoms with Gasteiger partial charge in [-0.25, -0.2) is 8.78 Å². The van der Waals surface area contributed by atoms with Crippen molar-refractivity contribution in [1.82, 2.24) is 0 Å². The number of hydrogen-bond donors (Lipinski definition) is 0. The fourth-order valence-electron chi connectivity index (χ4n) is 2.14. The van der Waals surface area contributed by atoms with Crippen molar-refractivity contribution in [2.75, 3.05) is 6.61 Å². The van der Waals surface area contributed by atoms with Gasteiger partial charge in [-0.05, 0) is 25.2 Å². The largest absolute Gasteiger partial charge is 0.487 e. The van der Waals surface area contributed by atoms with Crippen LogP contribution in [-0.4, -0.2) is 6.61 Å². The summed E-state index contributed by atoms with van der Waals surface area (Å²) in [5.41, 5.74) is -0.826.